The molecular weight excluding hydrogens is 232 g/mol. The zero-order chi connectivity index (χ0) is 12.3. The highest BCUT2D eigenvalue weighted by molar-refractivity contribution is 7.80. The van der Waals surface area contributed by atoms with E-state index in [-0.39, 0.29) is 6.04 Å². The second-order valence-electron chi connectivity index (χ2n) is 5.65. The zero-order valence-electron chi connectivity index (χ0n) is 10.9. The first-order valence-electron chi connectivity index (χ1n) is 6.72. The van der Waals surface area contributed by atoms with Gasteiger partial charge in [0.25, 0.3) is 0 Å². The van der Waals surface area contributed by atoms with E-state index in [9.17, 15) is 0 Å². The van der Waals surface area contributed by atoms with Crippen LogP contribution in [-0.4, -0.2) is 31.4 Å². The van der Waals surface area contributed by atoms with Gasteiger partial charge in [0, 0.05) is 19.7 Å². The third kappa shape index (κ3) is 3.55. The van der Waals surface area contributed by atoms with Crippen molar-refractivity contribution in [3.05, 3.63) is 0 Å². The maximum Gasteiger partial charge on any atom is 0.166 e. The van der Waals surface area contributed by atoms with Gasteiger partial charge in [-0.2, -0.15) is 0 Å². The fourth-order valence-corrected chi connectivity index (χ4v) is 3.70. The molecule has 0 spiro atoms. The summed E-state index contributed by atoms with van der Waals surface area (Å²) >= 11 is 5.29. The van der Waals surface area contributed by atoms with Crippen LogP contribution in [0.5, 0.6) is 0 Å². The van der Waals surface area contributed by atoms with Gasteiger partial charge in [-0.15, -0.1) is 0 Å². The molecule has 2 aliphatic rings. The van der Waals surface area contributed by atoms with Gasteiger partial charge in [0.15, 0.2) is 5.11 Å². The molecule has 3 nitrogen and oxygen atoms in total. The highest BCUT2D eigenvalue weighted by Crippen LogP contribution is 2.47. The predicted molar refractivity (Wildman–Crippen MR) is 74.0 cm³/mol. The van der Waals surface area contributed by atoms with Crippen LogP contribution in [0, 0.1) is 17.8 Å². The number of hydrogen-bond acceptors (Lipinski definition) is 2. The second-order valence-corrected chi connectivity index (χ2v) is 6.05. The molecule has 0 amide bonds. The summed E-state index contributed by atoms with van der Waals surface area (Å²) in [7, 11) is 1.71. The second kappa shape index (κ2) is 6.01. The quantitative estimate of drug-likeness (QED) is 0.736. The Morgan fingerprint density at radius 3 is 2.82 bits per heavy atom. The molecule has 2 rings (SSSR count). The third-order valence-electron chi connectivity index (χ3n) is 4.20. The van der Waals surface area contributed by atoms with Crippen LogP contribution in [0.1, 0.15) is 32.6 Å². The van der Waals surface area contributed by atoms with Crippen molar-refractivity contribution in [1.29, 1.82) is 0 Å². The van der Waals surface area contributed by atoms with E-state index < -0.39 is 0 Å². The van der Waals surface area contributed by atoms with Crippen molar-refractivity contribution in [1.82, 2.24) is 10.6 Å². The van der Waals surface area contributed by atoms with Crippen LogP contribution in [0.15, 0.2) is 0 Å². The Morgan fingerprint density at radius 2 is 2.24 bits per heavy atom. The van der Waals surface area contributed by atoms with Gasteiger partial charge in [-0.25, -0.2) is 0 Å². The lowest BCUT2D eigenvalue weighted by Gasteiger charge is -2.23. The minimum atomic E-state index is 0.278. The van der Waals surface area contributed by atoms with Gasteiger partial charge >= 0.3 is 0 Å². The van der Waals surface area contributed by atoms with E-state index in [0.717, 1.165) is 29.4 Å². The summed E-state index contributed by atoms with van der Waals surface area (Å²) in [5, 5.41) is 7.38. The van der Waals surface area contributed by atoms with Crippen LogP contribution in [0.25, 0.3) is 0 Å². The Bertz CT molecular complexity index is 272. The van der Waals surface area contributed by atoms with Crippen LogP contribution < -0.4 is 10.6 Å². The molecule has 2 fully saturated rings. The van der Waals surface area contributed by atoms with E-state index in [1.807, 2.05) is 0 Å². The van der Waals surface area contributed by atoms with Gasteiger partial charge in [-0.05, 0) is 56.2 Å². The molecule has 0 heterocycles. The van der Waals surface area contributed by atoms with Crippen molar-refractivity contribution in [2.75, 3.05) is 20.3 Å². The molecule has 0 saturated heterocycles. The highest BCUT2D eigenvalue weighted by Gasteiger charge is 2.39. The number of fused-ring (bicyclic) bond motifs is 2. The van der Waals surface area contributed by atoms with Crippen LogP contribution in [0.4, 0.5) is 0 Å². The Labute approximate surface area is 110 Å². The molecule has 2 saturated carbocycles. The molecule has 4 atom stereocenters. The summed E-state index contributed by atoms with van der Waals surface area (Å²) in [5.74, 6) is 2.83. The third-order valence-corrected chi connectivity index (χ3v) is 4.47. The molecule has 2 bridgehead atoms. The first-order chi connectivity index (χ1) is 8.19. The largest absolute Gasteiger partial charge is 0.383 e. The molecule has 0 aliphatic heterocycles. The normalized spacial score (nSPS) is 32.5. The fourth-order valence-electron chi connectivity index (χ4n) is 3.42. The highest BCUT2D eigenvalue weighted by atomic mass is 32.1. The maximum absolute atomic E-state index is 5.29. The summed E-state index contributed by atoms with van der Waals surface area (Å²) in [6, 6.07) is 0.278. The zero-order valence-corrected chi connectivity index (χ0v) is 11.7. The molecule has 0 radical (unpaired) electrons. The minimum absolute atomic E-state index is 0.278. The van der Waals surface area contributed by atoms with E-state index >= 15 is 0 Å². The standard InChI is InChI=1S/C13H24N2OS/c1-9(8-16-2)15-13(17)14-7-12-6-10-3-4-11(12)5-10/h9-12H,3-8H2,1-2H3,(H2,14,15,17). The summed E-state index contributed by atoms with van der Waals surface area (Å²) in [5.41, 5.74) is 0. The monoisotopic (exact) mass is 256 g/mol. The van der Waals surface area contributed by atoms with Crippen molar-refractivity contribution < 1.29 is 4.74 Å². The first-order valence-corrected chi connectivity index (χ1v) is 7.13. The van der Waals surface area contributed by atoms with Crippen LogP contribution >= 0.6 is 12.2 Å². The average Bonchev–Trinajstić information content (AvgIpc) is 2.88. The van der Waals surface area contributed by atoms with Crippen molar-refractivity contribution in [3.8, 4) is 0 Å². The van der Waals surface area contributed by atoms with E-state index in [2.05, 4.69) is 17.6 Å². The van der Waals surface area contributed by atoms with Crippen LogP contribution in [-0.2, 0) is 4.74 Å². The smallest absolute Gasteiger partial charge is 0.166 e. The summed E-state index contributed by atoms with van der Waals surface area (Å²) in [6.07, 6.45) is 5.78. The number of ether oxygens (including phenoxy) is 1. The Balaban J connectivity index is 1.63. The van der Waals surface area contributed by atoms with Crippen LogP contribution in [0.2, 0.25) is 0 Å². The molecule has 4 heteroatoms. The lowest BCUT2D eigenvalue weighted by molar-refractivity contribution is 0.179. The molecule has 17 heavy (non-hydrogen) atoms. The van der Waals surface area contributed by atoms with Gasteiger partial charge in [-0.3, -0.25) is 0 Å². The average molecular weight is 256 g/mol. The molecule has 4 unspecified atom stereocenters. The fraction of sp³-hybridized carbons (Fsp3) is 0.923. The molecule has 0 aromatic carbocycles. The van der Waals surface area contributed by atoms with Crippen molar-refractivity contribution in [2.45, 2.75) is 38.6 Å². The number of methoxy groups -OCH3 is 1. The van der Waals surface area contributed by atoms with Crippen LogP contribution in [0.3, 0.4) is 0 Å². The summed E-state index contributed by atoms with van der Waals surface area (Å²) in [6.45, 7) is 3.82. The Hall–Kier alpha value is -0.350. The minimum Gasteiger partial charge on any atom is -0.383 e. The lowest BCUT2D eigenvalue weighted by atomic mass is 9.89. The molecular formula is C13H24N2OS. The molecule has 2 aliphatic carbocycles. The van der Waals surface area contributed by atoms with Gasteiger partial charge in [-0.1, -0.05) is 6.42 Å². The van der Waals surface area contributed by atoms with Crippen molar-refractivity contribution in [3.63, 3.8) is 0 Å². The first kappa shape index (κ1) is 13.1. The summed E-state index contributed by atoms with van der Waals surface area (Å²) in [4.78, 5) is 0. The van der Waals surface area contributed by atoms with E-state index in [0.29, 0.717) is 6.61 Å². The number of hydrogen-bond donors (Lipinski definition) is 2. The SMILES string of the molecule is COCC(C)NC(=S)NCC1CC2CCC1C2. The molecule has 0 aromatic heterocycles. The predicted octanol–water partition coefficient (Wildman–Crippen LogP) is 1.92. The lowest BCUT2D eigenvalue weighted by Crippen LogP contribution is -2.44. The topological polar surface area (TPSA) is 33.3 Å². The van der Waals surface area contributed by atoms with Crippen molar-refractivity contribution in [2.24, 2.45) is 17.8 Å². The molecule has 98 valence electrons. The molecule has 2 N–H and O–H groups in total. The van der Waals surface area contributed by atoms with Crippen molar-refractivity contribution >= 4 is 17.3 Å². The Morgan fingerprint density at radius 1 is 1.41 bits per heavy atom. The number of thiocarbonyl (C=S) groups is 1. The summed E-state index contributed by atoms with van der Waals surface area (Å²) < 4.78 is 5.07. The number of nitrogens with one attached hydrogen (secondary N) is 2. The van der Waals surface area contributed by atoms with Gasteiger partial charge < -0.3 is 15.4 Å². The Kier molecular flexibility index (Phi) is 4.62. The van der Waals surface area contributed by atoms with Gasteiger partial charge in [0.1, 0.15) is 0 Å². The van der Waals surface area contributed by atoms with Gasteiger partial charge in [0.05, 0.1) is 6.61 Å². The maximum atomic E-state index is 5.29. The van der Waals surface area contributed by atoms with E-state index in [1.165, 1.54) is 25.7 Å². The van der Waals surface area contributed by atoms with E-state index in [1.54, 1.807) is 7.11 Å². The van der Waals surface area contributed by atoms with Gasteiger partial charge in [0.2, 0.25) is 0 Å². The number of rotatable bonds is 5. The molecule has 0 aromatic rings. The van der Waals surface area contributed by atoms with E-state index in [4.69, 9.17) is 17.0 Å².